The summed E-state index contributed by atoms with van der Waals surface area (Å²) in [4.78, 5) is 49.3. The molecule has 0 radical (unpaired) electrons. The number of hydrogen-bond acceptors (Lipinski definition) is 8. The summed E-state index contributed by atoms with van der Waals surface area (Å²) in [5.41, 5.74) is 0.477. The molecule has 0 saturated heterocycles. The molecule has 2 N–H and O–H groups in total. The Balaban J connectivity index is 1.93. The van der Waals surface area contributed by atoms with Gasteiger partial charge in [-0.1, -0.05) is 60.7 Å². The SMILES string of the molecule is CC(C)(C)OC(=O)N[C@@H](COC(=O)/C=C/C(=O)OC[C@@H](Cc1ccccc1)NC(=O)OC(C)(C)C)Cc1ccccc1. The van der Waals surface area contributed by atoms with E-state index in [0.717, 1.165) is 23.3 Å². The van der Waals surface area contributed by atoms with Crippen LogP contribution in [0.25, 0.3) is 0 Å². The van der Waals surface area contributed by atoms with Gasteiger partial charge < -0.3 is 29.6 Å². The predicted octanol–water partition coefficient (Wildman–Crippen LogP) is 4.90. The van der Waals surface area contributed by atoms with Crippen LogP contribution in [-0.2, 0) is 41.4 Å². The van der Waals surface area contributed by atoms with Gasteiger partial charge in [0, 0.05) is 12.2 Å². The maximum Gasteiger partial charge on any atom is 0.408 e. The summed E-state index contributed by atoms with van der Waals surface area (Å²) in [6, 6.07) is 17.7. The van der Waals surface area contributed by atoms with E-state index in [2.05, 4.69) is 10.6 Å². The highest BCUT2D eigenvalue weighted by atomic mass is 16.6. The van der Waals surface area contributed by atoms with Gasteiger partial charge in [0.1, 0.15) is 24.4 Å². The van der Waals surface area contributed by atoms with Crippen molar-refractivity contribution in [2.45, 2.75) is 77.7 Å². The number of carbonyl (C=O) groups is 4. The number of benzene rings is 2. The number of ether oxygens (including phenoxy) is 4. The van der Waals surface area contributed by atoms with E-state index in [0.29, 0.717) is 12.8 Å². The monoisotopic (exact) mass is 582 g/mol. The van der Waals surface area contributed by atoms with Gasteiger partial charge in [-0.15, -0.1) is 0 Å². The molecule has 0 bridgehead atoms. The van der Waals surface area contributed by atoms with Crippen LogP contribution in [0.3, 0.4) is 0 Å². The van der Waals surface area contributed by atoms with E-state index in [-0.39, 0.29) is 13.2 Å². The molecular weight excluding hydrogens is 540 g/mol. The largest absolute Gasteiger partial charge is 0.460 e. The molecule has 0 saturated carbocycles. The third kappa shape index (κ3) is 15.4. The van der Waals surface area contributed by atoms with Gasteiger partial charge in [0.15, 0.2) is 0 Å². The van der Waals surface area contributed by atoms with Crippen LogP contribution in [0.5, 0.6) is 0 Å². The van der Waals surface area contributed by atoms with Crippen molar-refractivity contribution in [1.29, 1.82) is 0 Å². The second kappa shape index (κ2) is 16.2. The number of carbonyl (C=O) groups excluding carboxylic acids is 4. The van der Waals surface area contributed by atoms with Gasteiger partial charge >= 0.3 is 24.1 Å². The van der Waals surface area contributed by atoms with Gasteiger partial charge in [0.25, 0.3) is 0 Å². The Morgan fingerprint density at radius 3 is 1.26 bits per heavy atom. The summed E-state index contributed by atoms with van der Waals surface area (Å²) in [6.07, 6.45) is 1.41. The summed E-state index contributed by atoms with van der Waals surface area (Å²) in [5, 5.41) is 5.45. The Morgan fingerprint density at radius 1 is 0.619 bits per heavy atom. The molecule has 2 amide bonds. The number of rotatable bonds is 12. The maximum atomic E-state index is 12.3. The Hall–Kier alpha value is -4.34. The highest BCUT2D eigenvalue weighted by Gasteiger charge is 2.22. The van der Waals surface area contributed by atoms with Gasteiger partial charge in [-0.3, -0.25) is 0 Å². The van der Waals surface area contributed by atoms with Crippen LogP contribution in [0, 0.1) is 0 Å². The molecular formula is C32H42N2O8. The number of esters is 2. The van der Waals surface area contributed by atoms with E-state index < -0.39 is 47.4 Å². The molecule has 0 heterocycles. The van der Waals surface area contributed by atoms with E-state index in [1.807, 2.05) is 60.7 Å². The van der Waals surface area contributed by atoms with Crippen LogP contribution >= 0.6 is 0 Å². The van der Waals surface area contributed by atoms with Crippen LogP contribution in [0.4, 0.5) is 9.59 Å². The third-order valence-corrected chi connectivity index (χ3v) is 5.30. The lowest BCUT2D eigenvalue weighted by Crippen LogP contribution is -2.43. The van der Waals surface area contributed by atoms with Crippen molar-refractivity contribution in [3.8, 4) is 0 Å². The van der Waals surface area contributed by atoms with Crippen LogP contribution in [0.2, 0.25) is 0 Å². The molecule has 0 aromatic heterocycles. The van der Waals surface area contributed by atoms with Gasteiger partial charge in [-0.05, 0) is 65.5 Å². The molecule has 2 rings (SSSR count). The summed E-state index contributed by atoms with van der Waals surface area (Å²) in [6.45, 7) is 10.2. The number of nitrogens with one attached hydrogen (secondary N) is 2. The molecule has 0 unspecified atom stereocenters. The fourth-order valence-corrected chi connectivity index (χ4v) is 3.65. The van der Waals surface area contributed by atoms with E-state index in [4.69, 9.17) is 18.9 Å². The van der Waals surface area contributed by atoms with Gasteiger partial charge in [-0.25, -0.2) is 19.2 Å². The van der Waals surface area contributed by atoms with Crippen molar-refractivity contribution in [2.24, 2.45) is 0 Å². The second-order valence-electron chi connectivity index (χ2n) is 11.7. The van der Waals surface area contributed by atoms with Crippen LogP contribution in [0.1, 0.15) is 52.7 Å². The minimum absolute atomic E-state index is 0.148. The molecule has 0 fully saturated rings. The molecule has 0 spiro atoms. The van der Waals surface area contributed by atoms with Crippen molar-refractivity contribution < 1.29 is 38.1 Å². The number of alkyl carbamates (subject to hydrolysis) is 2. The highest BCUT2D eigenvalue weighted by Crippen LogP contribution is 2.10. The Morgan fingerprint density at radius 2 is 0.952 bits per heavy atom. The highest BCUT2D eigenvalue weighted by molar-refractivity contribution is 5.91. The fraction of sp³-hybridized carbons (Fsp3) is 0.438. The van der Waals surface area contributed by atoms with E-state index in [1.165, 1.54) is 0 Å². The maximum absolute atomic E-state index is 12.3. The minimum atomic E-state index is -0.788. The van der Waals surface area contributed by atoms with Crippen LogP contribution < -0.4 is 10.6 Å². The zero-order chi connectivity index (χ0) is 31.2. The van der Waals surface area contributed by atoms with E-state index >= 15 is 0 Å². The molecule has 0 aliphatic heterocycles. The topological polar surface area (TPSA) is 129 Å². The van der Waals surface area contributed by atoms with Gasteiger partial charge in [-0.2, -0.15) is 0 Å². The van der Waals surface area contributed by atoms with E-state index in [9.17, 15) is 19.2 Å². The first-order valence-corrected chi connectivity index (χ1v) is 13.8. The summed E-state index contributed by atoms with van der Waals surface area (Å²) in [5.74, 6) is -1.58. The standard InChI is InChI=1S/C32H42N2O8/c1-31(2,3)41-29(37)33-25(19-23-13-9-7-10-14-23)21-39-27(35)17-18-28(36)40-22-26(20-24-15-11-8-12-16-24)34-30(38)42-32(4,5)6/h7-18,25-26H,19-22H2,1-6H3,(H,33,37)(H,34,38)/b18-17+/t25-,26-/m1/s1. The lowest BCUT2D eigenvalue weighted by atomic mass is 10.1. The minimum Gasteiger partial charge on any atom is -0.460 e. The first-order valence-electron chi connectivity index (χ1n) is 13.8. The average molecular weight is 583 g/mol. The zero-order valence-electron chi connectivity index (χ0n) is 25.2. The molecule has 2 atom stereocenters. The first-order chi connectivity index (χ1) is 19.7. The quantitative estimate of drug-likeness (QED) is 0.205. The summed E-state index contributed by atoms with van der Waals surface area (Å²) in [7, 11) is 0. The molecule has 2 aromatic carbocycles. The number of hydrogen-bond donors (Lipinski definition) is 2. The predicted molar refractivity (Wildman–Crippen MR) is 158 cm³/mol. The van der Waals surface area contributed by atoms with Gasteiger partial charge in [0.05, 0.1) is 12.1 Å². The second-order valence-corrected chi connectivity index (χ2v) is 11.7. The summed E-state index contributed by atoms with van der Waals surface area (Å²) < 4.78 is 21.2. The average Bonchev–Trinajstić information content (AvgIpc) is 2.88. The molecule has 0 aliphatic carbocycles. The molecule has 10 heteroatoms. The molecule has 42 heavy (non-hydrogen) atoms. The first kappa shape index (κ1) is 33.9. The lowest BCUT2D eigenvalue weighted by molar-refractivity contribution is -0.141. The Labute approximate surface area is 247 Å². The lowest BCUT2D eigenvalue weighted by Gasteiger charge is -2.23. The van der Waals surface area contributed by atoms with Crippen molar-refractivity contribution in [2.75, 3.05) is 13.2 Å². The van der Waals surface area contributed by atoms with Gasteiger partial charge in [0.2, 0.25) is 0 Å². The summed E-state index contributed by atoms with van der Waals surface area (Å²) >= 11 is 0. The third-order valence-electron chi connectivity index (χ3n) is 5.30. The molecule has 10 nitrogen and oxygen atoms in total. The van der Waals surface area contributed by atoms with Crippen LogP contribution in [-0.4, -0.2) is 60.6 Å². The normalized spacial score (nSPS) is 13.0. The fourth-order valence-electron chi connectivity index (χ4n) is 3.65. The number of amides is 2. The smallest absolute Gasteiger partial charge is 0.408 e. The Bertz CT molecular complexity index is 1090. The van der Waals surface area contributed by atoms with Crippen molar-refractivity contribution in [3.05, 3.63) is 83.9 Å². The van der Waals surface area contributed by atoms with Crippen molar-refractivity contribution in [3.63, 3.8) is 0 Å². The molecule has 228 valence electrons. The van der Waals surface area contributed by atoms with Crippen molar-refractivity contribution >= 4 is 24.1 Å². The zero-order valence-corrected chi connectivity index (χ0v) is 25.2. The van der Waals surface area contributed by atoms with Crippen LogP contribution in [0.15, 0.2) is 72.8 Å². The van der Waals surface area contributed by atoms with Crippen molar-refractivity contribution in [1.82, 2.24) is 10.6 Å². The Kier molecular flexibility index (Phi) is 13.1. The molecule has 0 aliphatic rings. The van der Waals surface area contributed by atoms with E-state index in [1.54, 1.807) is 41.5 Å². The molecule has 2 aromatic rings.